The number of fused-ring (bicyclic) bond motifs is 1. The normalized spacial score (nSPS) is 23.4. The van der Waals surface area contributed by atoms with Gasteiger partial charge in [0.05, 0.1) is 17.3 Å². The number of carbonyl (C=O) groups is 2. The highest BCUT2D eigenvalue weighted by Gasteiger charge is 2.44. The average Bonchev–Trinajstić information content (AvgIpc) is 3.41. The summed E-state index contributed by atoms with van der Waals surface area (Å²) in [7, 11) is 1.86. The predicted molar refractivity (Wildman–Crippen MR) is 106 cm³/mol. The highest BCUT2D eigenvalue weighted by Crippen LogP contribution is 2.41. The van der Waals surface area contributed by atoms with Crippen molar-refractivity contribution in [3.05, 3.63) is 53.3 Å². The number of alkyl halides is 3. The number of amides is 2. The number of carbonyl (C=O) groups excluding carboxylic acids is 2. The molecule has 2 fully saturated rings. The van der Waals surface area contributed by atoms with Gasteiger partial charge in [-0.25, -0.2) is 4.79 Å². The minimum Gasteiger partial charge on any atom is -0.366 e. The Hall–Kier alpha value is -2.88. The summed E-state index contributed by atoms with van der Waals surface area (Å²) in [4.78, 5) is 27.6. The van der Waals surface area contributed by atoms with Crippen LogP contribution < -0.4 is 5.73 Å². The average molecular weight is 435 g/mol. The number of hydrogen-bond acceptors (Lipinski definition) is 4. The van der Waals surface area contributed by atoms with Crippen LogP contribution in [0.5, 0.6) is 0 Å². The second-order valence-electron chi connectivity index (χ2n) is 8.44. The molecule has 166 valence electrons. The minimum absolute atomic E-state index is 0.166. The molecule has 2 heterocycles. The van der Waals surface area contributed by atoms with Crippen molar-refractivity contribution in [3.63, 3.8) is 0 Å². The Morgan fingerprint density at radius 1 is 1.19 bits per heavy atom. The Morgan fingerprint density at radius 2 is 1.84 bits per heavy atom. The number of halogens is 3. The number of nitrogens with two attached hydrogens (primary N) is 1. The molecular formula is C21H24F3N5O2. The predicted octanol–water partition coefficient (Wildman–Crippen LogP) is 2.81. The maximum Gasteiger partial charge on any atom is 0.416 e. The van der Waals surface area contributed by atoms with Crippen molar-refractivity contribution >= 4 is 11.9 Å². The van der Waals surface area contributed by atoms with E-state index in [4.69, 9.17) is 5.73 Å². The summed E-state index contributed by atoms with van der Waals surface area (Å²) in [5, 5.41) is 3.92. The van der Waals surface area contributed by atoms with E-state index in [1.54, 1.807) is 11.0 Å². The Kier molecular flexibility index (Phi) is 5.50. The second-order valence-corrected chi connectivity index (χ2v) is 8.44. The molecule has 1 aromatic carbocycles. The molecule has 10 heteroatoms. The second kappa shape index (κ2) is 7.99. The van der Waals surface area contributed by atoms with Gasteiger partial charge >= 0.3 is 12.2 Å². The fraction of sp³-hybridized carbons (Fsp3) is 0.476. The maximum absolute atomic E-state index is 13.3. The largest absolute Gasteiger partial charge is 0.416 e. The number of benzene rings is 1. The molecule has 31 heavy (non-hydrogen) atoms. The van der Waals surface area contributed by atoms with Crippen LogP contribution in [0.3, 0.4) is 0 Å². The molecule has 2 amide bonds. The first-order chi connectivity index (χ1) is 14.6. The van der Waals surface area contributed by atoms with Gasteiger partial charge in [0, 0.05) is 31.9 Å². The molecule has 0 radical (unpaired) electrons. The Balaban J connectivity index is 1.36. The van der Waals surface area contributed by atoms with Crippen molar-refractivity contribution in [1.29, 1.82) is 0 Å². The number of likely N-dealkylation sites (tertiary alicyclic amines) is 1. The van der Waals surface area contributed by atoms with Crippen molar-refractivity contribution in [2.75, 3.05) is 20.1 Å². The summed E-state index contributed by atoms with van der Waals surface area (Å²) in [6, 6.07) is 5.55. The third-order valence-corrected chi connectivity index (χ3v) is 6.43. The lowest BCUT2D eigenvalue weighted by atomic mass is 10.0. The highest BCUT2D eigenvalue weighted by molar-refractivity contribution is 5.93. The zero-order valence-corrected chi connectivity index (χ0v) is 17.0. The SMILES string of the molecule is CN(Cc1ccccc1C(F)(F)F)C1C[C@@H]2CN(C(=O)n3cc(C(N)=O)cn3)C[C@@H]2C1. The van der Waals surface area contributed by atoms with Crippen LogP contribution in [0.15, 0.2) is 36.7 Å². The van der Waals surface area contributed by atoms with E-state index in [-0.39, 0.29) is 29.7 Å². The molecule has 2 aliphatic rings. The van der Waals surface area contributed by atoms with Gasteiger partial charge in [-0.1, -0.05) is 18.2 Å². The van der Waals surface area contributed by atoms with Gasteiger partial charge in [0.25, 0.3) is 5.91 Å². The van der Waals surface area contributed by atoms with E-state index in [0.29, 0.717) is 24.9 Å². The third-order valence-electron chi connectivity index (χ3n) is 6.43. The van der Waals surface area contributed by atoms with Gasteiger partial charge < -0.3 is 10.6 Å². The van der Waals surface area contributed by atoms with E-state index in [9.17, 15) is 22.8 Å². The van der Waals surface area contributed by atoms with E-state index in [0.717, 1.165) is 23.6 Å². The highest BCUT2D eigenvalue weighted by atomic mass is 19.4. The maximum atomic E-state index is 13.3. The topological polar surface area (TPSA) is 84.5 Å². The number of aromatic nitrogens is 2. The van der Waals surface area contributed by atoms with Crippen LogP contribution in [0.1, 0.15) is 34.3 Å². The minimum atomic E-state index is -4.37. The lowest BCUT2D eigenvalue weighted by Gasteiger charge is -2.27. The fourth-order valence-corrected chi connectivity index (χ4v) is 4.82. The van der Waals surface area contributed by atoms with Crippen LogP contribution in [0.2, 0.25) is 0 Å². The molecule has 2 aromatic rings. The molecule has 0 bridgehead atoms. The summed E-state index contributed by atoms with van der Waals surface area (Å²) < 4.78 is 41.0. The Labute approximate surface area is 177 Å². The van der Waals surface area contributed by atoms with E-state index >= 15 is 0 Å². The van der Waals surface area contributed by atoms with E-state index in [1.807, 2.05) is 11.9 Å². The number of rotatable bonds is 4. The molecule has 0 spiro atoms. The molecular weight excluding hydrogens is 411 g/mol. The van der Waals surface area contributed by atoms with Gasteiger partial charge in [-0.2, -0.15) is 23.0 Å². The van der Waals surface area contributed by atoms with Crippen LogP contribution in [0.25, 0.3) is 0 Å². The third kappa shape index (κ3) is 4.30. The van der Waals surface area contributed by atoms with Crippen molar-refractivity contribution in [2.24, 2.45) is 17.6 Å². The van der Waals surface area contributed by atoms with Crippen LogP contribution >= 0.6 is 0 Å². The smallest absolute Gasteiger partial charge is 0.366 e. The summed E-state index contributed by atoms with van der Waals surface area (Å²) in [6.45, 7) is 1.36. The molecule has 1 unspecified atom stereocenters. The number of primary amides is 1. The monoisotopic (exact) mass is 435 g/mol. The summed E-state index contributed by atoms with van der Waals surface area (Å²) in [5.41, 5.74) is 5.06. The molecule has 1 aliphatic carbocycles. The first-order valence-corrected chi connectivity index (χ1v) is 10.1. The molecule has 4 rings (SSSR count). The molecule has 1 saturated heterocycles. The number of hydrogen-bond donors (Lipinski definition) is 1. The molecule has 1 aromatic heterocycles. The summed E-state index contributed by atoms with van der Waals surface area (Å²) in [6.07, 6.45) is -0.130. The molecule has 1 saturated carbocycles. The Bertz CT molecular complexity index is 975. The number of nitrogens with zero attached hydrogens (tertiary/aromatic N) is 4. The fourth-order valence-electron chi connectivity index (χ4n) is 4.82. The van der Waals surface area contributed by atoms with Crippen LogP contribution in [-0.2, 0) is 12.7 Å². The van der Waals surface area contributed by atoms with Gasteiger partial charge in [-0.15, -0.1) is 0 Å². The quantitative estimate of drug-likeness (QED) is 0.801. The first-order valence-electron chi connectivity index (χ1n) is 10.1. The molecule has 7 nitrogen and oxygen atoms in total. The first kappa shape index (κ1) is 21.4. The van der Waals surface area contributed by atoms with Crippen molar-refractivity contribution in [2.45, 2.75) is 31.6 Å². The van der Waals surface area contributed by atoms with Crippen LogP contribution in [0.4, 0.5) is 18.0 Å². The lowest BCUT2D eigenvalue weighted by Crippen LogP contribution is -2.36. The van der Waals surface area contributed by atoms with E-state index in [1.165, 1.54) is 24.5 Å². The van der Waals surface area contributed by atoms with Crippen molar-refractivity contribution in [1.82, 2.24) is 19.6 Å². The Morgan fingerprint density at radius 3 is 2.42 bits per heavy atom. The van der Waals surface area contributed by atoms with E-state index < -0.39 is 17.6 Å². The van der Waals surface area contributed by atoms with Gasteiger partial charge in [-0.05, 0) is 43.4 Å². The molecule has 2 N–H and O–H groups in total. The summed E-state index contributed by atoms with van der Waals surface area (Å²) >= 11 is 0. The van der Waals surface area contributed by atoms with Gasteiger partial charge in [0.2, 0.25) is 0 Å². The van der Waals surface area contributed by atoms with Crippen molar-refractivity contribution in [3.8, 4) is 0 Å². The van der Waals surface area contributed by atoms with Crippen LogP contribution in [-0.4, -0.2) is 57.7 Å². The van der Waals surface area contributed by atoms with Gasteiger partial charge in [0.1, 0.15) is 0 Å². The van der Waals surface area contributed by atoms with E-state index in [2.05, 4.69) is 5.10 Å². The zero-order chi connectivity index (χ0) is 22.3. The standard InChI is InChI=1S/C21H24F3N5O2/c1-27(9-13-4-2-3-5-18(13)21(22,23)24)17-6-14-10-28(11-15(14)7-17)20(31)29-12-16(8-26-29)19(25)30/h2-5,8,12,14-15,17H,6-7,9-11H2,1H3,(H2,25,30)/t14-,15+,17?. The van der Waals surface area contributed by atoms with Crippen molar-refractivity contribution < 1.29 is 22.8 Å². The lowest BCUT2D eigenvalue weighted by molar-refractivity contribution is -0.138. The van der Waals surface area contributed by atoms with Gasteiger partial charge in [0.15, 0.2) is 0 Å². The van der Waals surface area contributed by atoms with Gasteiger partial charge in [-0.3, -0.25) is 9.69 Å². The zero-order valence-electron chi connectivity index (χ0n) is 17.0. The molecule has 1 aliphatic heterocycles. The summed E-state index contributed by atoms with van der Waals surface area (Å²) in [5.74, 6) is -0.0591. The molecule has 3 atom stereocenters. The van der Waals surface area contributed by atoms with Crippen LogP contribution in [0, 0.1) is 11.8 Å².